The van der Waals surface area contributed by atoms with Crippen LogP contribution in [0.25, 0.3) is 11.4 Å². The second kappa shape index (κ2) is 5.18. The lowest BCUT2D eigenvalue weighted by Gasteiger charge is -2.09. The lowest BCUT2D eigenvalue weighted by atomic mass is 10.2. The molecule has 0 bridgehead atoms. The average molecular weight is 302 g/mol. The molecule has 1 aromatic heterocycles. The van der Waals surface area contributed by atoms with E-state index in [4.69, 9.17) is 15.4 Å². The maximum atomic E-state index is 11.3. The van der Waals surface area contributed by atoms with Crippen LogP contribution >= 0.6 is 10.7 Å². The Hall–Kier alpha value is -1.60. The van der Waals surface area contributed by atoms with E-state index in [2.05, 4.69) is 10.2 Å². The molecule has 0 spiro atoms. The minimum absolute atomic E-state index is 0.296. The molecule has 0 amide bonds. The van der Waals surface area contributed by atoms with Crippen LogP contribution in [0.1, 0.15) is 6.92 Å². The summed E-state index contributed by atoms with van der Waals surface area (Å²) in [5, 5.41) is 7.17. The van der Waals surface area contributed by atoms with Crippen molar-refractivity contribution in [3.8, 4) is 17.1 Å². The standard InChI is InChI=1S/C11H12ClN3O3S/c1-3-18-9-7-5-4-6-8(9)10-13-14-11(15(10)2)19(12,16)17/h4-7H,3H2,1-2H3. The highest BCUT2D eigenvalue weighted by Crippen LogP contribution is 2.29. The second-order valence-corrected chi connectivity index (χ2v) is 6.19. The molecule has 0 aliphatic carbocycles. The van der Waals surface area contributed by atoms with Crippen molar-refractivity contribution in [2.75, 3.05) is 6.61 Å². The molecule has 0 N–H and O–H groups in total. The molecule has 0 unspecified atom stereocenters. The van der Waals surface area contributed by atoms with E-state index in [0.29, 0.717) is 23.7 Å². The Bertz CT molecular complexity index is 697. The Kier molecular flexibility index (Phi) is 3.77. The molecule has 1 aromatic carbocycles. The Morgan fingerprint density at radius 3 is 2.58 bits per heavy atom. The Morgan fingerprint density at radius 2 is 2.00 bits per heavy atom. The van der Waals surface area contributed by atoms with Crippen molar-refractivity contribution < 1.29 is 13.2 Å². The van der Waals surface area contributed by atoms with Gasteiger partial charge in [0.15, 0.2) is 5.82 Å². The van der Waals surface area contributed by atoms with Crippen molar-refractivity contribution in [2.24, 2.45) is 7.05 Å². The van der Waals surface area contributed by atoms with Gasteiger partial charge in [0.1, 0.15) is 5.75 Å². The summed E-state index contributed by atoms with van der Waals surface area (Å²) in [6.45, 7) is 2.36. The van der Waals surface area contributed by atoms with Gasteiger partial charge >= 0.3 is 0 Å². The van der Waals surface area contributed by atoms with E-state index in [1.165, 1.54) is 11.6 Å². The third-order valence-corrected chi connectivity index (χ3v) is 3.69. The fraction of sp³-hybridized carbons (Fsp3) is 0.273. The molecule has 0 saturated heterocycles. The van der Waals surface area contributed by atoms with Crippen molar-refractivity contribution in [3.05, 3.63) is 24.3 Å². The Balaban J connectivity index is 2.58. The molecule has 6 nitrogen and oxygen atoms in total. The molecule has 1 heterocycles. The lowest BCUT2D eigenvalue weighted by molar-refractivity contribution is 0.341. The van der Waals surface area contributed by atoms with Gasteiger partial charge in [0.05, 0.1) is 12.2 Å². The fourth-order valence-corrected chi connectivity index (χ4v) is 2.65. The summed E-state index contributed by atoms with van der Waals surface area (Å²) in [7, 11) is 2.89. The van der Waals surface area contributed by atoms with Crippen LogP contribution in [0.4, 0.5) is 0 Å². The summed E-state index contributed by atoms with van der Waals surface area (Å²) >= 11 is 0. The smallest absolute Gasteiger partial charge is 0.296 e. The monoisotopic (exact) mass is 301 g/mol. The average Bonchev–Trinajstić information content (AvgIpc) is 2.72. The number of nitrogens with zero attached hydrogens (tertiary/aromatic N) is 3. The molecular formula is C11H12ClN3O3S. The van der Waals surface area contributed by atoms with Crippen molar-refractivity contribution >= 4 is 19.7 Å². The number of aromatic nitrogens is 3. The van der Waals surface area contributed by atoms with Crippen LogP contribution in [0.5, 0.6) is 5.75 Å². The summed E-state index contributed by atoms with van der Waals surface area (Å²) in [6.07, 6.45) is 0. The van der Waals surface area contributed by atoms with Crippen LogP contribution in [0.15, 0.2) is 29.4 Å². The van der Waals surface area contributed by atoms with Crippen LogP contribution in [-0.4, -0.2) is 29.8 Å². The van der Waals surface area contributed by atoms with Gasteiger partial charge < -0.3 is 4.74 Å². The zero-order valence-corrected chi connectivity index (χ0v) is 11.9. The van der Waals surface area contributed by atoms with Gasteiger partial charge in [-0.2, -0.15) is 0 Å². The first-order valence-corrected chi connectivity index (χ1v) is 7.82. The minimum Gasteiger partial charge on any atom is -0.493 e. The van der Waals surface area contributed by atoms with Gasteiger partial charge in [-0.05, 0) is 19.1 Å². The van der Waals surface area contributed by atoms with Gasteiger partial charge in [-0.1, -0.05) is 12.1 Å². The highest BCUT2D eigenvalue weighted by Gasteiger charge is 2.22. The first-order valence-electron chi connectivity index (χ1n) is 5.51. The predicted octanol–water partition coefficient (Wildman–Crippen LogP) is 1.81. The zero-order valence-electron chi connectivity index (χ0n) is 10.4. The van der Waals surface area contributed by atoms with Gasteiger partial charge in [-0.15, -0.1) is 10.2 Å². The lowest BCUT2D eigenvalue weighted by Crippen LogP contribution is -2.03. The summed E-state index contributed by atoms with van der Waals surface area (Å²) < 4.78 is 29.4. The fourth-order valence-electron chi connectivity index (χ4n) is 1.69. The van der Waals surface area contributed by atoms with E-state index >= 15 is 0 Å². The van der Waals surface area contributed by atoms with E-state index < -0.39 is 9.05 Å². The topological polar surface area (TPSA) is 74.1 Å². The third-order valence-electron chi connectivity index (χ3n) is 2.48. The maximum absolute atomic E-state index is 11.3. The molecule has 102 valence electrons. The molecule has 0 fully saturated rings. The van der Waals surface area contributed by atoms with Crippen LogP contribution in [0, 0.1) is 0 Å². The van der Waals surface area contributed by atoms with Gasteiger partial charge in [-0.3, -0.25) is 4.57 Å². The summed E-state index contributed by atoms with van der Waals surface area (Å²) in [5.74, 6) is 0.988. The number of para-hydroxylation sites is 1. The summed E-state index contributed by atoms with van der Waals surface area (Å²) in [5.41, 5.74) is 0.658. The predicted molar refractivity (Wildman–Crippen MR) is 70.6 cm³/mol. The van der Waals surface area contributed by atoms with Crippen molar-refractivity contribution in [1.82, 2.24) is 14.8 Å². The van der Waals surface area contributed by atoms with E-state index in [0.717, 1.165) is 0 Å². The quantitative estimate of drug-likeness (QED) is 0.805. The molecule has 0 aliphatic rings. The largest absolute Gasteiger partial charge is 0.493 e. The summed E-state index contributed by atoms with van der Waals surface area (Å²) in [4.78, 5) is 0. The SMILES string of the molecule is CCOc1ccccc1-c1nnc(S(=O)(=O)Cl)n1C. The molecule has 0 atom stereocenters. The van der Waals surface area contributed by atoms with E-state index in [1.54, 1.807) is 18.2 Å². The van der Waals surface area contributed by atoms with E-state index in [1.807, 2.05) is 13.0 Å². The number of hydrogen-bond acceptors (Lipinski definition) is 5. The van der Waals surface area contributed by atoms with Gasteiger partial charge in [0.25, 0.3) is 14.2 Å². The minimum atomic E-state index is -3.93. The van der Waals surface area contributed by atoms with Crippen LogP contribution < -0.4 is 4.74 Å². The highest BCUT2D eigenvalue weighted by molar-refractivity contribution is 8.13. The molecule has 2 aromatic rings. The van der Waals surface area contributed by atoms with Crippen LogP contribution in [0.2, 0.25) is 0 Å². The Labute approximate surface area is 115 Å². The molecule has 19 heavy (non-hydrogen) atoms. The number of rotatable bonds is 4. The van der Waals surface area contributed by atoms with Gasteiger partial charge in [-0.25, -0.2) is 8.42 Å². The molecule has 8 heteroatoms. The van der Waals surface area contributed by atoms with E-state index in [-0.39, 0.29) is 5.16 Å². The summed E-state index contributed by atoms with van der Waals surface area (Å²) in [6, 6.07) is 7.19. The van der Waals surface area contributed by atoms with Crippen LogP contribution in [0.3, 0.4) is 0 Å². The first-order chi connectivity index (χ1) is 8.95. The Morgan fingerprint density at radius 1 is 1.32 bits per heavy atom. The molecule has 0 radical (unpaired) electrons. The van der Waals surface area contributed by atoms with Crippen molar-refractivity contribution in [2.45, 2.75) is 12.1 Å². The second-order valence-electron chi connectivity index (χ2n) is 3.73. The number of halogens is 1. The first kappa shape index (κ1) is 13.8. The van der Waals surface area contributed by atoms with E-state index in [9.17, 15) is 8.42 Å². The molecule has 0 aliphatic heterocycles. The van der Waals surface area contributed by atoms with Crippen LogP contribution in [-0.2, 0) is 16.1 Å². The zero-order chi connectivity index (χ0) is 14.0. The van der Waals surface area contributed by atoms with Crippen molar-refractivity contribution in [3.63, 3.8) is 0 Å². The number of benzene rings is 1. The number of hydrogen-bond donors (Lipinski definition) is 0. The normalized spacial score (nSPS) is 11.5. The third kappa shape index (κ3) is 2.71. The number of ether oxygens (including phenoxy) is 1. The maximum Gasteiger partial charge on any atom is 0.296 e. The van der Waals surface area contributed by atoms with Gasteiger partial charge in [0.2, 0.25) is 0 Å². The highest BCUT2D eigenvalue weighted by atomic mass is 35.7. The molecule has 2 rings (SSSR count). The van der Waals surface area contributed by atoms with Gasteiger partial charge in [0, 0.05) is 17.7 Å². The molecular weight excluding hydrogens is 290 g/mol. The molecule has 0 saturated carbocycles. The van der Waals surface area contributed by atoms with Crippen molar-refractivity contribution in [1.29, 1.82) is 0 Å².